The summed E-state index contributed by atoms with van der Waals surface area (Å²) in [6.07, 6.45) is 4.74. The normalized spacial score (nSPS) is 23.4. The van der Waals surface area contributed by atoms with Gasteiger partial charge < -0.3 is 20.1 Å². The van der Waals surface area contributed by atoms with Crippen LogP contribution in [0.4, 0.5) is 0 Å². The lowest BCUT2D eigenvalue weighted by Crippen LogP contribution is -2.44. The second kappa shape index (κ2) is 7.22. The van der Waals surface area contributed by atoms with E-state index in [1.54, 1.807) is 0 Å². The number of ether oxygens (including phenoxy) is 1. The number of carbonyl (C=O) groups excluding carboxylic acids is 1. The van der Waals surface area contributed by atoms with Gasteiger partial charge in [-0.3, -0.25) is 4.79 Å². The van der Waals surface area contributed by atoms with Crippen molar-refractivity contribution in [2.75, 3.05) is 46.0 Å². The third kappa shape index (κ3) is 4.44. The van der Waals surface area contributed by atoms with E-state index >= 15 is 0 Å². The number of rotatable bonds is 6. The molecule has 2 heterocycles. The molecule has 0 spiro atoms. The Labute approximate surface area is 115 Å². The maximum absolute atomic E-state index is 11.8. The molecule has 0 unspecified atom stereocenters. The van der Waals surface area contributed by atoms with E-state index in [0.29, 0.717) is 26.2 Å². The highest BCUT2D eigenvalue weighted by Crippen LogP contribution is 2.28. The molecule has 0 aromatic heterocycles. The number of amides is 1. The zero-order valence-corrected chi connectivity index (χ0v) is 11.7. The Morgan fingerprint density at radius 3 is 2.58 bits per heavy atom. The zero-order chi connectivity index (χ0) is 13.6. The first kappa shape index (κ1) is 14.8. The van der Waals surface area contributed by atoms with Crippen molar-refractivity contribution in [3.05, 3.63) is 0 Å². The molecule has 1 amide bonds. The number of hydrogen-bond acceptors (Lipinski definition) is 4. The minimum atomic E-state index is -0.165. The second-order valence-electron chi connectivity index (χ2n) is 5.85. The molecule has 2 rings (SSSR count). The van der Waals surface area contributed by atoms with Crippen LogP contribution >= 0.6 is 0 Å². The van der Waals surface area contributed by atoms with Crippen molar-refractivity contribution in [1.29, 1.82) is 0 Å². The van der Waals surface area contributed by atoms with Gasteiger partial charge in [-0.15, -0.1) is 0 Å². The maximum atomic E-state index is 11.8. The number of nitrogens with one attached hydrogen (secondary N) is 1. The lowest BCUT2D eigenvalue weighted by molar-refractivity contribution is -0.122. The quantitative estimate of drug-likeness (QED) is 0.732. The van der Waals surface area contributed by atoms with Crippen LogP contribution in [0.25, 0.3) is 0 Å². The molecule has 2 N–H and O–H groups in total. The maximum Gasteiger partial charge on any atom is 0.221 e. The number of carbonyl (C=O) groups is 1. The fraction of sp³-hybridized carbons (Fsp3) is 0.929. The minimum absolute atomic E-state index is 0.103. The number of hydrogen-bond donors (Lipinski definition) is 2. The Hall–Kier alpha value is -0.650. The molecular formula is C14H26N2O3. The first-order chi connectivity index (χ1) is 9.24. The predicted molar refractivity (Wildman–Crippen MR) is 72.9 cm³/mol. The Balaban J connectivity index is 1.66. The van der Waals surface area contributed by atoms with Gasteiger partial charge >= 0.3 is 0 Å². The van der Waals surface area contributed by atoms with Gasteiger partial charge in [0, 0.05) is 38.1 Å². The summed E-state index contributed by atoms with van der Waals surface area (Å²) in [6, 6.07) is 0. The molecule has 5 nitrogen and oxygen atoms in total. The summed E-state index contributed by atoms with van der Waals surface area (Å²) >= 11 is 0. The van der Waals surface area contributed by atoms with Crippen LogP contribution in [0.5, 0.6) is 0 Å². The summed E-state index contributed by atoms with van der Waals surface area (Å²) in [5, 5.41) is 12.5. The standard InChI is InChI=1S/C14H26N2O3/c17-12-14(4-9-19-10-5-14)11-15-13(18)3-8-16-6-1-2-7-16/h17H,1-12H2,(H,15,18). The number of aliphatic hydroxyl groups is 1. The average Bonchev–Trinajstić information content (AvgIpc) is 2.97. The lowest BCUT2D eigenvalue weighted by atomic mass is 9.81. The minimum Gasteiger partial charge on any atom is -0.396 e. The Bertz CT molecular complexity index is 284. The van der Waals surface area contributed by atoms with E-state index in [1.165, 1.54) is 12.8 Å². The van der Waals surface area contributed by atoms with E-state index in [-0.39, 0.29) is 17.9 Å². The van der Waals surface area contributed by atoms with Crippen LogP contribution < -0.4 is 5.32 Å². The van der Waals surface area contributed by atoms with Crippen molar-refractivity contribution >= 4 is 5.91 Å². The summed E-state index contributed by atoms with van der Waals surface area (Å²) in [5.74, 6) is 0.103. The van der Waals surface area contributed by atoms with Crippen LogP contribution in [0.3, 0.4) is 0 Å². The van der Waals surface area contributed by atoms with Gasteiger partial charge in [0.15, 0.2) is 0 Å². The highest BCUT2D eigenvalue weighted by Gasteiger charge is 2.32. The fourth-order valence-electron chi connectivity index (χ4n) is 2.84. The van der Waals surface area contributed by atoms with E-state index in [1.807, 2.05) is 0 Å². The molecule has 110 valence electrons. The van der Waals surface area contributed by atoms with Crippen LogP contribution in [-0.2, 0) is 9.53 Å². The molecule has 0 aliphatic carbocycles. The number of likely N-dealkylation sites (tertiary alicyclic amines) is 1. The fourth-order valence-corrected chi connectivity index (χ4v) is 2.84. The molecular weight excluding hydrogens is 244 g/mol. The van der Waals surface area contributed by atoms with E-state index in [2.05, 4.69) is 10.2 Å². The average molecular weight is 270 g/mol. The third-order valence-electron chi connectivity index (χ3n) is 4.40. The van der Waals surface area contributed by atoms with Gasteiger partial charge in [-0.2, -0.15) is 0 Å². The van der Waals surface area contributed by atoms with Crippen molar-refractivity contribution in [3.63, 3.8) is 0 Å². The first-order valence-electron chi connectivity index (χ1n) is 7.42. The largest absolute Gasteiger partial charge is 0.396 e. The van der Waals surface area contributed by atoms with E-state index in [4.69, 9.17) is 4.74 Å². The van der Waals surface area contributed by atoms with Gasteiger partial charge in [0.05, 0.1) is 6.61 Å². The van der Waals surface area contributed by atoms with Crippen molar-refractivity contribution in [2.45, 2.75) is 32.1 Å². The molecule has 0 atom stereocenters. The van der Waals surface area contributed by atoms with Crippen molar-refractivity contribution in [1.82, 2.24) is 10.2 Å². The van der Waals surface area contributed by atoms with Crippen molar-refractivity contribution in [2.24, 2.45) is 5.41 Å². The molecule has 2 aliphatic heterocycles. The Kier molecular flexibility index (Phi) is 5.60. The summed E-state index contributed by atoms with van der Waals surface area (Å²) in [4.78, 5) is 14.2. The van der Waals surface area contributed by atoms with Crippen LogP contribution in [0.1, 0.15) is 32.1 Å². The Morgan fingerprint density at radius 1 is 1.26 bits per heavy atom. The molecule has 0 saturated carbocycles. The summed E-state index contributed by atoms with van der Waals surface area (Å²) in [6.45, 7) is 5.19. The molecule has 2 aliphatic rings. The van der Waals surface area contributed by atoms with Crippen LogP contribution in [0.15, 0.2) is 0 Å². The van der Waals surface area contributed by atoms with E-state index in [9.17, 15) is 9.90 Å². The molecule has 2 saturated heterocycles. The summed E-state index contributed by atoms with van der Waals surface area (Å²) < 4.78 is 5.32. The smallest absolute Gasteiger partial charge is 0.221 e. The first-order valence-corrected chi connectivity index (χ1v) is 7.42. The Morgan fingerprint density at radius 2 is 1.95 bits per heavy atom. The molecule has 5 heteroatoms. The lowest BCUT2D eigenvalue weighted by Gasteiger charge is -2.35. The van der Waals surface area contributed by atoms with Crippen molar-refractivity contribution < 1.29 is 14.6 Å². The van der Waals surface area contributed by atoms with Gasteiger partial charge in [0.2, 0.25) is 5.91 Å². The van der Waals surface area contributed by atoms with Gasteiger partial charge in [-0.05, 0) is 38.8 Å². The highest BCUT2D eigenvalue weighted by molar-refractivity contribution is 5.76. The van der Waals surface area contributed by atoms with E-state index in [0.717, 1.165) is 32.5 Å². The molecule has 0 bridgehead atoms. The molecule has 0 radical (unpaired) electrons. The highest BCUT2D eigenvalue weighted by atomic mass is 16.5. The van der Waals surface area contributed by atoms with Gasteiger partial charge in [0.1, 0.15) is 0 Å². The SMILES string of the molecule is O=C(CCN1CCCC1)NCC1(CO)CCOCC1. The predicted octanol–water partition coefficient (Wildman–Crippen LogP) is 0.378. The number of aliphatic hydroxyl groups excluding tert-OH is 1. The zero-order valence-electron chi connectivity index (χ0n) is 11.7. The molecule has 2 fully saturated rings. The van der Waals surface area contributed by atoms with Gasteiger partial charge in [-0.25, -0.2) is 0 Å². The van der Waals surface area contributed by atoms with Crippen LogP contribution in [0, 0.1) is 5.41 Å². The number of nitrogens with zero attached hydrogens (tertiary/aromatic N) is 1. The molecule has 0 aromatic rings. The van der Waals surface area contributed by atoms with Crippen LogP contribution in [0.2, 0.25) is 0 Å². The van der Waals surface area contributed by atoms with Gasteiger partial charge in [0.25, 0.3) is 0 Å². The molecule has 0 aromatic carbocycles. The summed E-state index contributed by atoms with van der Waals surface area (Å²) in [7, 11) is 0. The monoisotopic (exact) mass is 270 g/mol. The van der Waals surface area contributed by atoms with Gasteiger partial charge in [-0.1, -0.05) is 0 Å². The van der Waals surface area contributed by atoms with E-state index < -0.39 is 0 Å². The molecule has 19 heavy (non-hydrogen) atoms. The third-order valence-corrected chi connectivity index (χ3v) is 4.40. The summed E-state index contributed by atoms with van der Waals surface area (Å²) in [5.41, 5.74) is -0.165. The van der Waals surface area contributed by atoms with Crippen LogP contribution in [-0.4, -0.2) is 61.9 Å². The topological polar surface area (TPSA) is 61.8 Å². The second-order valence-corrected chi connectivity index (χ2v) is 5.85. The van der Waals surface area contributed by atoms with Crippen molar-refractivity contribution in [3.8, 4) is 0 Å².